The molecule has 41 heavy (non-hydrogen) atoms. The number of allylic oxidation sites excluding steroid dienone is 3. The molecule has 4 heteroatoms. The molecule has 0 fully saturated rings. The van der Waals surface area contributed by atoms with E-state index in [1.807, 2.05) is 18.5 Å². The molecule has 1 aliphatic carbocycles. The van der Waals surface area contributed by atoms with Crippen LogP contribution in [-0.4, -0.2) is 27.3 Å². The molecule has 0 saturated carbocycles. The summed E-state index contributed by atoms with van der Waals surface area (Å²) in [5.41, 5.74) is 13.4. The number of nitrogens with zero attached hydrogens (tertiary/aromatic N) is 4. The molecule has 200 valence electrons. The molecule has 2 aliphatic heterocycles. The lowest BCUT2D eigenvalue weighted by molar-refractivity contribution is 0.511. The van der Waals surface area contributed by atoms with Crippen molar-refractivity contribution in [1.82, 2.24) is 9.55 Å². The molecular weight excluding hydrogens is 500 g/mol. The minimum atomic E-state index is -0.184. The van der Waals surface area contributed by atoms with Crippen molar-refractivity contribution in [1.29, 1.82) is 0 Å². The van der Waals surface area contributed by atoms with Gasteiger partial charge in [-0.1, -0.05) is 42.5 Å². The quantitative estimate of drug-likeness (QED) is 0.233. The zero-order valence-electron chi connectivity index (χ0n) is 23.7. The number of pyridine rings is 1. The standard InChI is InChI=1S/C37H32N4/c1-24-22-26(40-32-12-6-4-10-30(32)35-34(40)14-8-20-38-35)15-17-28(24)29-18-16-27(23-25(29)2)41-33-13-7-5-11-31(33)36-37(41,3)19-9-21-39-36/h4,6-10,12-23,36H,5,11H2,1-3H3. The van der Waals surface area contributed by atoms with Gasteiger partial charge in [-0.15, -0.1) is 0 Å². The SMILES string of the molecule is Cc1cc(N2C3=C(CCC=C3)C3N=CC=CC32C)ccc1-c1ccc(-n2c3ccccc3c3ncccc32)cc1C. The fourth-order valence-electron chi connectivity index (χ4n) is 7.34. The lowest BCUT2D eigenvalue weighted by atomic mass is 9.85. The fourth-order valence-corrected chi connectivity index (χ4v) is 7.34. The van der Waals surface area contributed by atoms with E-state index in [4.69, 9.17) is 9.98 Å². The molecule has 0 bridgehead atoms. The maximum absolute atomic E-state index is 4.94. The number of aromatic nitrogens is 2. The van der Waals surface area contributed by atoms with Crippen LogP contribution in [0.5, 0.6) is 0 Å². The molecule has 3 aliphatic rings. The first kappa shape index (κ1) is 24.1. The van der Waals surface area contributed by atoms with E-state index in [2.05, 4.69) is 121 Å². The van der Waals surface area contributed by atoms with Crippen LogP contribution in [0.25, 0.3) is 38.8 Å². The highest BCUT2D eigenvalue weighted by Gasteiger charge is 2.49. The number of anilines is 1. The van der Waals surface area contributed by atoms with Crippen molar-refractivity contribution >= 4 is 33.8 Å². The predicted molar refractivity (Wildman–Crippen MR) is 171 cm³/mol. The molecule has 2 unspecified atom stereocenters. The van der Waals surface area contributed by atoms with Gasteiger partial charge in [-0.3, -0.25) is 9.98 Å². The lowest BCUT2D eigenvalue weighted by Crippen LogP contribution is -2.48. The summed E-state index contributed by atoms with van der Waals surface area (Å²) in [6, 6.07) is 26.7. The van der Waals surface area contributed by atoms with E-state index in [1.165, 1.54) is 50.1 Å². The Balaban J connectivity index is 1.20. The Morgan fingerprint density at radius 2 is 1.61 bits per heavy atom. The van der Waals surface area contributed by atoms with E-state index in [0.29, 0.717) is 0 Å². The van der Waals surface area contributed by atoms with Crippen molar-refractivity contribution in [3.63, 3.8) is 0 Å². The van der Waals surface area contributed by atoms with Gasteiger partial charge in [0.05, 0.1) is 22.1 Å². The van der Waals surface area contributed by atoms with Gasteiger partial charge in [0.2, 0.25) is 0 Å². The van der Waals surface area contributed by atoms with Gasteiger partial charge in [0.15, 0.2) is 0 Å². The van der Waals surface area contributed by atoms with Crippen LogP contribution in [0, 0.1) is 13.8 Å². The van der Waals surface area contributed by atoms with Crippen LogP contribution in [0.2, 0.25) is 0 Å². The van der Waals surface area contributed by atoms with E-state index in [0.717, 1.165) is 29.6 Å². The molecule has 0 radical (unpaired) electrons. The van der Waals surface area contributed by atoms with Crippen molar-refractivity contribution in [3.05, 3.63) is 126 Å². The average Bonchev–Trinajstić information content (AvgIpc) is 3.47. The third kappa shape index (κ3) is 3.46. The van der Waals surface area contributed by atoms with Gasteiger partial charge in [0, 0.05) is 34.9 Å². The third-order valence-corrected chi connectivity index (χ3v) is 9.20. The smallest absolute Gasteiger partial charge is 0.100 e. The van der Waals surface area contributed by atoms with E-state index in [-0.39, 0.29) is 11.6 Å². The normalized spacial score (nSPS) is 21.2. The number of hydrogen-bond donors (Lipinski definition) is 0. The Bertz CT molecular complexity index is 1950. The highest BCUT2D eigenvalue weighted by Crippen LogP contribution is 2.48. The highest BCUT2D eigenvalue weighted by atomic mass is 15.3. The number of rotatable bonds is 3. The topological polar surface area (TPSA) is 33.4 Å². The molecule has 4 heterocycles. The Kier molecular flexibility index (Phi) is 5.24. The van der Waals surface area contributed by atoms with Crippen LogP contribution in [0.3, 0.4) is 0 Å². The highest BCUT2D eigenvalue weighted by molar-refractivity contribution is 6.07. The number of dihydropyridines is 1. The van der Waals surface area contributed by atoms with Crippen LogP contribution in [0.4, 0.5) is 5.69 Å². The van der Waals surface area contributed by atoms with Crippen LogP contribution in [0.15, 0.2) is 120 Å². The molecular formula is C37H32N4. The van der Waals surface area contributed by atoms with Crippen molar-refractivity contribution < 1.29 is 0 Å². The summed E-state index contributed by atoms with van der Waals surface area (Å²) in [6.07, 6.45) is 15.1. The molecule has 2 atom stereocenters. The van der Waals surface area contributed by atoms with Crippen molar-refractivity contribution in [2.45, 2.75) is 45.2 Å². The Labute approximate surface area is 240 Å². The van der Waals surface area contributed by atoms with E-state index < -0.39 is 0 Å². The third-order valence-electron chi connectivity index (χ3n) is 9.20. The molecule has 0 spiro atoms. The number of fused-ring (bicyclic) bond motifs is 5. The predicted octanol–water partition coefficient (Wildman–Crippen LogP) is 8.65. The molecule has 8 rings (SSSR count). The number of para-hydroxylation sites is 1. The molecule has 0 saturated heterocycles. The summed E-state index contributed by atoms with van der Waals surface area (Å²) in [5, 5.41) is 1.18. The Hall–Kier alpha value is -4.70. The van der Waals surface area contributed by atoms with Gasteiger partial charge in [0.1, 0.15) is 6.04 Å². The second-order valence-corrected chi connectivity index (χ2v) is 11.7. The summed E-state index contributed by atoms with van der Waals surface area (Å²) in [4.78, 5) is 12.2. The monoisotopic (exact) mass is 532 g/mol. The lowest BCUT2D eigenvalue weighted by Gasteiger charge is -2.40. The minimum absolute atomic E-state index is 0.179. The van der Waals surface area contributed by atoms with Crippen molar-refractivity contribution in [2.75, 3.05) is 4.90 Å². The van der Waals surface area contributed by atoms with Gasteiger partial charge in [-0.2, -0.15) is 0 Å². The Morgan fingerprint density at radius 1 is 0.854 bits per heavy atom. The van der Waals surface area contributed by atoms with Crippen LogP contribution < -0.4 is 4.90 Å². The summed E-state index contributed by atoms with van der Waals surface area (Å²) in [6.45, 7) is 6.79. The summed E-state index contributed by atoms with van der Waals surface area (Å²) in [7, 11) is 0. The first-order valence-corrected chi connectivity index (χ1v) is 14.5. The maximum Gasteiger partial charge on any atom is 0.100 e. The van der Waals surface area contributed by atoms with Gasteiger partial charge >= 0.3 is 0 Å². The fraction of sp³-hybridized carbons (Fsp3) is 0.189. The van der Waals surface area contributed by atoms with Gasteiger partial charge in [-0.25, -0.2) is 0 Å². The second kappa shape index (κ2) is 8.90. The molecule has 2 aromatic heterocycles. The van der Waals surface area contributed by atoms with Crippen LogP contribution in [0.1, 0.15) is 30.9 Å². The molecule has 5 aromatic rings. The minimum Gasteiger partial charge on any atom is -0.330 e. The van der Waals surface area contributed by atoms with Gasteiger partial charge < -0.3 is 9.47 Å². The maximum atomic E-state index is 4.94. The van der Waals surface area contributed by atoms with Gasteiger partial charge in [0.25, 0.3) is 0 Å². The van der Waals surface area contributed by atoms with Crippen molar-refractivity contribution in [2.24, 2.45) is 4.99 Å². The number of aliphatic imine (C=N–C) groups is 1. The van der Waals surface area contributed by atoms with Crippen molar-refractivity contribution in [3.8, 4) is 16.8 Å². The van der Waals surface area contributed by atoms with Crippen LogP contribution in [-0.2, 0) is 0 Å². The first-order valence-electron chi connectivity index (χ1n) is 14.5. The molecule has 3 aromatic carbocycles. The van der Waals surface area contributed by atoms with E-state index in [9.17, 15) is 0 Å². The van der Waals surface area contributed by atoms with E-state index in [1.54, 1.807) is 0 Å². The summed E-state index contributed by atoms with van der Waals surface area (Å²) >= 11 is 0. The average molecular weight is 533 g/mol. The summed E-state index contributed by atoms with van der Waals surface area (Å²) < 4.78 is 2.33. The molecule has 4 nitrogen and oxygen atoms in total. The Morgan fingerprint density at radius 3 is 2.44 bits per heavy atom. The molecule has 0 amide bonds. The largest absolute Gasteiger partial charge is 0.330 e. The van der Waals surface area contributed by atoms with Gasteiger partial charge in [-0.05, 0) is 116 Å². The second-order valence-electron chi connectivity index (χ2n) is 11.7. The first-order chi connectivity index (χ1) is 20.0. The van der Waals surface area contributed by atoms with Crippen LogP contribution >= 0.6 is 0 Å². The zero-order valence-corrected chi connectivity index (χ0v) is 23.7. The molecule has 0 N–H and O–H groups in total. The zero-order chi connectivity index (χ0) is 27.7. The van der Waals surface area contributed by atoms with E-state index >= 15 is 0 Å². The number of benzene rings is 3. The number of hydrogen-bond acceptors (Lipinski definition) is 3. The summed E-state index contributed by atoms with van der Waals surface area (Å²) in [5.74, 6) is 0. The number of aryl methyl sites for hydroxylation is 2.